The van der Waals surface area contributed by atoms with Gasteiger partial charge in [0.2, 0.25) is 0 Å². The SMILES string of the molecule is C=C(OC)c1ccc2nc(CN3CCC(c4cccc5c4OC[C@H](c4nc6ccccc6s4)O5)CC3)n(C[C@@H]3CCO3)c2c1. The van der Waals surface area contributed by atoms with Crippen LogP contribution in [0.2, 0.25) is 0 Å². The number of aromatic nitrogens is 3. The van der Waals surface area contributed by atoms with Crippen LogP contribution in [0.1, 0.15) is 53.2 Å². The second kappa shape index (κ2) is 11.5. The number of ether oxygens (including phenoxy) is 4. The molecule has 9 heteroatoms. The van der Waals surface area contributed by atoms with Crippen LogP contribution in [0.15, 0.2) is 67.2 Å². The average molecular weight is 609 g/mol. The van der Waals surface area contributed by atoms with Gasteiger partial charge in [0, 0.05) is 17.7 Å². The second-order valence-corrected chi connectivity index (χ2v) is 13.0. The number of rotatable bonds is 8. The zero-order valence-corrected chi connectivity index (χ0v) is 25.7. The highest BCUT2D eigenvalue weighted by atomic mass is 32.1. The lowest BCUT2D eigenvalue weighted by Gasteiger charge is -2.34. The third-order valence-electron chi connectivity index (χ3n) is 9.21. The Labute approximate surface area is 260 Å². The number of benzene rings is 3. The highest BCUT2D eigenvalue weighted by Gasteiger charge is 2.31. The molecule has 0 spiro atoms. The van der Waals surface area contributed by atoms with E-state index in [1.54, 1.807) is 18.4 Å². The van der Waals surface area contributed by atoms with Gasteiger partial charge in [0.25, 0.3) is 0 Å². The summed E-state index contributed by atoms with van der Waals surface area (Å²) in [5.41, 5.74) is 5.35. The zero-order chi connectivity index (χ0) is 29.6. The predicted octanol–water partition coefficient (Wildman–Crippen LogP) is 6.94. The van der Waals surface area contributed by atoms with Crippen molar-refractivity contribution in [1.82, 2.24) is 19.4 Å². The van der Waals surface area contributed by atoms with E-state index in [-0.39, 0.29) is 12.2 Å². The summed E-state index contributed by atoms with van der Waals surface area (Å²) in [7, 11) is 1.66. The van der Waals surface area contributed by atoms with Crippen LogP contribution in [0.25, 0.3) is 27.0 Å². The van der Waals surface area contributed by atoms with Crippen molar-refractivity contribution in [3.05, 3.63) is 89.2 Å². The molecule has 44 heavy (non-hydrogen) atoms. The number of nitrogens with zero attached hydrogens (tertiary/aromatic N) is 4. The first-order chi connectivity index (χ1) is 21.6. The quantitative estimate of drug-likeness (QED) is 0.177. The Hall–Kier alpha value is -3.92. The van der Waals surface area contributed by atoms with E-state index >= 15 is 0 Å². The summed E-state index contributed by atoms with van der Waals surface area (Å²) >= 11 is 1.68. The van der Waals surface area contributed by atoms with Gasteiger partial charge in [-0.25, -0.2) is 9.97 Å². The number of fused-ring (bicyclic) bond motifs is 3. The maximum absolute atomic E-state index is 6.47. The van der Waals surface area contributed by atoms with Crippen LogP contribution in [-0.2, 0) is 22.6 Å². The van der Waals surface area contributed by atoms with E-state index < -0.39 is 0 Å². The molecule has 8 rings (SSSR count). The van der Waals surface area contributed by atoms with Gasteiger partial charge in [0.1, 0.15) is 23.2 Å². The predicted molar refractivity (Wildman–Crippen MR) is 172 cm³/mol. The Morgan fingerprint density at radius 1 is 1.02 bits per heavy atom. The molecule has 5 aromatic rings. The number of thiazole rings is 1. The molecule has 2 aromatic heterocycles. The van der Waals surface area contributed by atoms with Crippen LogP contribution in [-0.4, -0.2) is 59.0 Å². The van der Waals surface area contributed by atoms with Gasteiger partial charge in [-0.15, -0.1) is 11.3 Å². The lowest BCUT2D eigenvalue weighted by atomic mass is 9.88. The number of methoxy groups -OCH3 is 1. The van der Waals surface area contributed by atoms with Crippen LogP contribution in [0.3, 0.4) is 0 Å². The standard InChI is InChI=1S/C35H36N4O4S/c1-22(40-2)24-10-11-27-29(18-24)39(19-25-14-17-41-25)33(36-27)20-38-15-12-23(13-16-38)26-6-5-8-30-34(26)42-21-31(43-30)35-37-28-7-3-4-9-32(28)44-35/h3-11,18,23,25,31H,1,12-17,19-21H2,2H3/t25-,31+/m0/s1. The fraction of sp³-hybridized carbons (Fsp3) is 0.371. The normalized spacial score (nSPS) is 20.6. The largest absolute Gasteiger partial charge is 0.497 e. The molecule has 0 bridgehead atoms. The third-order valence-corrected chi connectivity index (χ3v) is 10.3. The molecule has 0 aliphatic carbocycles. The van der Waals surface area contributed by atoms with Crippen LogP contribution in [0.5, 0.6) is 11.5 Å². The Balaban J connectivity index is 0.969. The van der Waals surface area contributed by atoms with Gasteiger partial charge in [-0.05, 0) is 74.7 Å². The molecule has 0 unspecified atom stereocenters. The van der Waals surface area contributed by atoms with Crippen LogP contribution < -0.4 is 9.47 Å². The Bertz CT molecular complexity index is 1800. The molecule has 2 fully saturated rings. The number of para-hydroxylation sites is 2. The molecular weight excluding hydrogens is 572 g/mol. The van der Waals surface area contributed by atoms with E-state index in [2.05, 4.69) is 46.4 Å². The van der Waals surface area contributed by atoms with Gasteiger partial charge in [0.05, 0.1) is 47.6 Å². The highest BCUT2D eigenvalue weighted by molar-refractivity contribution is 7.18. The van der Waals surface area contributed by atoms with E-state index in [0.29, 0.717) is 18.3 Å². The highest BCUT2D eigenvalue weighted by Crippen LogP contribution is 2.45. The fourth-order valence-electron chi connectivity index (χ4n) is 6.62. The van der Waals surface area contributed by atoms with Crippen molar-refractivity contribution in [2.24, 2.45) is 0 Å². The Morgan fingerprint density at radius 2 is 1.89 bits per heavy atom. The monoisotopic (exact) mass is 608 g/mol. The average Bonchev–Trinajstić information content (AvgIpc) is 3.63. The molecule has 0 saturated carbocycles. The second-order valence-electron chi connectivity index (χ2n) is 11.9. The number of likely N-dealkylation sites (tertiary alicyclic amines) is 1. The molecule has 8 nitrogen and oxygen atoms in total. The van der Waals surface area contributed by atoms with Crippen molar-refractivity contribution in [3.63, 3.8) is 0 Å². The smallest absolute Gasteiger partial charge is 0.184 e. The van der Waals surface area contributed by atoms with Gasteiger partial charge in [-0.1, -0.05) is 30.8 Å². The molecule has 0 radical (unpaired) electrons. The van der Waals surface area contributed by atoms with Gasteiger partial charge in [-0.2, -0.15) is 0 Å². The maximum atomic E-state index is 6.47. The van der Waals surface area contributed by atoms with E-state index in [4.69, 9.17) is 28.9 Å². The Kier molecular flexibility index (Phi) is 7.24. The molecule has 2 saturated heterocycles. The molecule has 2 atom stereocenters. The van der Waals surface area contributed by atoms with E-state index in [1.807, 2.05) is 30.3 Å². The molecule has 226 valence electrons. The topological polar surface area (TPSA) is 70.9 Å². The maximum Gasteiger partial charge on any atom is 0.184 e. The van der Waals surface area contributed by atoms with Crippen molar-refractivity contribution in [2.45, 2.75) is 50.5 Å². The first-order valence-electron chi connectivity index (χ1n) is 15.5. The summed E-state index contributed by atoms with van der Waals surface area (Å²) in [4.78, 5) is 12.4. The molecule has 5 heterocycles. The molecule has 0 N–H and O–H groups in total. The number of hydrogen-bond donors (Lipinski definition) is 0. The summed E-state index contributed by atoms with van der Waals surface area (Å²) in [5, 5.41) is 0.963. The lowest BCUT2D eigenvalue weighted by Crippen LogP contribution is -2.35. The summed E-state index contributed by atoms with van der Waals surface area (Å²) in [6.45, 7) is 8.99. The molecule has 3 aromatic carbocycles. The zero-order valence-electron chi connectivity index (χ0n) is 24.9. The van der Waals surface area contributed by atoms with E-state index in [1.165, 1.54) is 10.3 Å². The first-order valence-corrected chi connectivity index (χ1v) is 16.3. The third kappa shape index (κ3) is 5.12. The lowest BCUT2D eigenvalue weighted by molar-refractivity contribution is -0.0592. The molecule has 3 aliphatic rings. The van der Waals surface area contributed by atoms with Crippen molar-refractivity contribution in [1.29, 1.82) is 0 Å². The minimum Gasteiger partial charge on any atom is -0.497 e. The van der Waals surface area contributed by atoms with Crippen molar-refractivity contribution in [2.75, 3.05) is 33.4 Å². The molecular formula is C35H36N4O4S. The summed E-state index contributed by atoms with van der Waals surface area (Å²) < 4.78 is 27.6. The Morgan fingerprint density at radius 3 is 2.68 bits per heavy atom. The summed E-state index contributed by atoms with van der Waals surface area (Å²) in [6, 6.07) is 20.8. The molecule has 3 aliphatic heterocycles. The van der Waals surface area contributed by atoms with Gasteiger partial charge >= 0.3 is 0 Å². The minimum absolute atomic E-state index is 0.190. The summed E-state index contributed by atoms with van der Waals surface area (Å²) in [5.74, 6) is 3.90. The van der Waals surface area contributed by atoms with Gasteiger partial charge in [0.15, 0.2) is 17.6 Å². The minimum atomic E-state index is -0.190. The number of piperidine rings is 1. The molecule has 0 amide bonds. The fourth-order valence-corrected chi connectivity index (χ4v) is 7.60. The number of imidazole rings is 1. The van der Waals surface area contributed by atoms with Crippen LogP contribution in [0.4, 0.5) is 0 Å². The van der Waals surface area contributed by atoms with Crippen LogP contribution in [0, 0.1) is 0 Å². The number of hydrogen-bond acceptors (Lipinski definition) is 8. The van der Waals surface area contributed by atoms with Crippen molar-refractivity contribution >= 4 is 38.3 Å². The summed E-state index contributed by atoms with van der Waals surface area (Å²) in [6.07, 6.45) is 3.26. The van der Waals surface area contributed by atoms with E-state index in [9.17, 15) is 0 Å². The van der Waals surface area contributed by atoms with Gasteiger partial charge in [-0.3, -0.25) is 4.90 Å². The van der Waals surface area contributed by atoms with Crippen LogP contribution >= 0.6 is 11.3 Å². The van der Waals surface area contributed by atoms with Gasteiger partial charge < -0.3 is 23.5 Å². The van der Waals surface area contributed by atoms with E-state index in [0.717, 1.165) is 96.5 Å². The van der Waals surface area contributed by atoms with Crippen molar-refractivity contribution < 1.29 is 18.9 Å². The first kappa shape index (κ1) is 27.6. The van der Waals surface area contributed by atoms with Crippen molar-refractivity contribution in [3.8, 4) is 11.5 Å².